The highest BCUT2D eigenvalue weighted by Gasteiger charge is 2.09. The molecule has 3 fully saturated rings. The van der Waals surface area contributed by atoms with Crippen LogP contribution in [-0.4, -0.2) is 109 Å². The second-order valence-electron chi connectivity index (χ2n) is 6.44. The number of hydrogen-bond donors (Lipinski definition) is 0. The van der Waals surface area contributed by atoms with Crippen molar-refractivity contribution in [3.63, 3.8) is 0 Å². The lowest BCUT2D eigenvalue weighted by Crippen LogP contribution is -2.34. The van der Waals surface area contributed by atoms with E-state index in [1.807, 2.05) is 5.06 Å². The first-order valence-electron chi connectivity index (χ1n) is 9.94. The number of hydroxylamine groups is 2. The molecule has 0 unspecified atom stereocenters. The van der Waals surface area contributed by atoms with E-state index < -0.39 is 0 Å². The van der Waals surface area contributed by atoms with Gasteiger partial charge in [0.2, 0.25) is 0 Å². The minimum atomic E-state index is 0.276. The van der Waals surface area contributed by atoms with Crippen LogP contribution in [0.2, 0.25) is 0 Å². The smallest absolute Gasteiger partial charge is 0.167 e. The van der Waals surface area contributed by atoms with Crippen LogP contribution < -0.4 is 0 Å². The SMILES string of the molecule is C1CCOCON2CCOCCOCCN(CC1)CCOCCOCC2. The second-order valence-corrected chi connectivity index (χ2v) is 6.44. The molecule has 3 rings (SSSR count). The Bertz CT molecular complexity index is 247. The number of fused-ring (bicyclic) bond motifs is 21. The van der Waals surface area contributed by atoms with Crippen LogP contribution in [0.3, 0.4) is 0 Å². The van der Waals surface area contributed by atoms with Gasteiger partial charge in [-0.25, -0.2) is 0 Å². The summed E-state index contributed by atoms with van der Waals surface area (Å²) in [6.07, 6.45) is 3.36. The molecule has 8 heteroatoms. The van der Waals surface area contributed by atoms with E-state index in [0.717, 1.165) is 58.7 Å². The second kappa shape index (κ2) is 15.7. The van der Waals surface area contributed by atoms with Gasteiger partial charge in [0.25, 0.3) is 0 Å². The summed E-state index contributed by atoms with van der Waals surface area (Å²) in [5.41, 5.74) is 0. The maximum Gasteiger partial charge on any atom is 0.167 e. The van der Waals surface area contributed by atoms with E-state index >= 15 is 0 Å². The topological polar surface area (TPSA) is 61.9 Å². The number of nitrogens with zero attached hydrogens (tertiary/aromatic N) is 2. The van der Waals surface area contributed by atoms with Crippen molar-refractivity contribution in [2.45, 2.75) is 19.3 Å². The fourth-order valence-corrected chi connectivity index (χ4v) is 2.83. The molecule has 0 radical (unpaired) electrons. The lowest BCUT2D eigenvalue weighted by atomic mass is 10.2. The zero-order valence-electron chi connectivity index (χ0n) is 16.1. The van der Waals surface area contributed by atoms with E-state index in [-0.39, 0.29) is 6.79 Å². The van der Waals surface area contributed by atoms with Crippen LogP contribution >= 0.6 is 0 Å². The van der Waals surface area contributed by atoms with Gasteiger partial charge in [-0.05, 0) is 25.8 Å². The van der Waals surface area contributed by atoms with Crippen LogP contribution in [0.15, 0.2) is 0 Å². The standard InChI is InChI=1S/C18H36N2O6/c1-2-4-19-5-10-21-14-16-23-12-7-20(26-18-25-9-3-1)8-13-24-17-15-22-11-6-19/h1-18H2. The van der Waals surface area contributed by atoms with Gasteiger partial charge in [0, 0.05) is 32.8 Å². The molecule has 0 N–H and O–H groups in total. The molecule has 0 aromatic rings. The average molecular weight is 376 g/mol. The molecule has 0 aromatic carbocycles. The number of rotatable bonds is 0. The summed E-state index contributed by atoms with van der Waals surface area (Å²) in [4.78, 5) is 8.12. The van der Waals surface area contributed by atoms with Gasteiger partial charge in [-0.1, -0.05) is 0 Å². The lowest BCUT2D eigenvalue weighted by molar-refractivity contribution is -0.233. The van der Waals surface area contributed by atoms with Crippen molar-refractivity contribution in [3.8, 4) is 0 Å². The van der Waals surface area contributed by atoms with Gasteiger partial charge in [-0.2, -0.15) is 5.06 Å². The van der Waals surface area contributed by atoms with Crippen LogP contribution in [-0.2, 0) is 28.5 Å². The van der Waals surface area contributed by atoms with Gasteiger partial charge in [0.1, 0.15) is 0 Å². The fourth-order valence-electron chi connectivity index (χ4n) is 2.83. The van der Waals surface area contributed by atoms with Crippen molar-refractivity contribution in [3.05, 3.63) is 0 Å². The fraction of sp³-hybridized carbons (Fsp3) is 1.00. The van der Waals surface area contributed by atoms with Crippen LogP contribution in [0.1, 0.15) is 19.3 Å². The van der Waals surface area contributed by atoms with Crippen molar-refractivity contribution in [2.24, 2.45) is 0 Å². The summed E-state index contributed by atoms with van der Waals surface area (Å²) in [6, 6.07) is 0. The Morgan fingerprint density at radius 3 is 1.62 bits per heavy atom. The molecule has 3 heterocycles. The monoisotopic (exact) mass is 376 g/mol. The van der Waals surface area contributed by atoms with Crippen LogP contribution in [0.25, 0.3) is 0 Å². The van der Waals surface area contributed by atoms with E-state index in [4.69, 9.17) is 28.5 Å². The van der Waals surface area contributed by atoms with Gasteiger partial charge in [0.15, 0.2) is 6.79 Å². The third-order valence-electron chi connectivity index (χ3n) is 4.40. The summed E-state index contributed by atoms with van der Waals surface area (Å²) >= 11 is 0. The molecule has 26 heavy (non-hydrogen) atoms. The Hall–Kier alpha value is -0.320. The maximum absolute atomic E-state index is 5.71. The van der Waals surface area contributed by atoms with Gasteiger partial charge in [0.05, 0.1) is 52.9 Å². The Labute approximate surface area is 157 Å². The molecule has 0 aromatic heterocycles. The Morgan fingerprint density at radius 1 is 0.423 bits per heavy atom. The predicted octanol–water partition coefficient (Wildman–Crippen LogP) is 0.760. The van der Waals surface area contributed by atoms with Crippen molar-refractivity contribution < 1.29 is 28.5 Å². The molecule has 0 spiro atoms. The van der Waals surface area contributed by atoms with Crippen LogP contribution in [0, 0.1) is 0 Å². The Balaban J connectivity index is 1.87. The quantitative estimate of drug-likeness (QED) is 0.614. The Morgan fingerprint density at radius 2 is 1.00 bits per heavy atom. The molecular weight excluding hydrogens is 340 g/mol. The molecule has 3 aliphatic rings. The third kappa shape index (κ3) is 11.4. The summed E-state index contributed by atoms with van der Waals surface area (Å²) in [7, 11) is 0. The van der Waals surface area contributed by atoms with E-state index in [1.165, 1.54) is 0 Å². The van der Waals surface area contributed by atoms with Gasteiger partial charge in [-0.15, -0.1) is 0 Å². The van der Waals surface area contributed by atoms with E-state index in [0.29, 0.717) is 52.7 Å². The van der Waals surface area contributed by atoms with Crippen LogP contribution in [0.4, 0.5) is 0 Å². The highest BCUT2D eigenvalue weighted by atomic mass is 16.8. The van der Waals surface area contributed by atoms with Crippen LogP contribution in [0.5, 0.6) is 0 Å². The zero-order valence-corrected chi connectivity index (χ0v) is 16.1. The minimum absolute atomic E-state index is 0.276. The average Bonchev–Trinajstić information content (AvgIpc) is 2.65. The molecule has 8 nitrogen and oxygen atoms in total. The van der Waals surface area contributed by atoms with E-state index in [9.17, 15) is 0 Å². The normalized spacial score (nSPS) is 30.5. The first kappa shape index (κ1) is 22.0. The number of hydrogen-bond acceptors (Lipinski definition) is 8. The first-order chi connectivity index (χ1) is 12.9. The maximum atomic E-state index is 5.71. The lowest BCUT2D eigenvalue weighted by Gasteiger charge is -2.24. The Kier molecular flexibility index (Phi) is 13.3. The van der Waals surface area contributed by atoms with E-state index in [2.05, 4.69) is 4.90 Å². The van der Waals surface area contributed by atoms with Gasteiger partial charge >= 0.3 is 0 Å². The first-order valence-corrected chi connectivity index (χ1v) is 9.94. The molecule has 0 saturated carbocycles. The zero-order chi connectivity index (χ0) is 18.1. The predicted molar refractivity (Wildman–Crippen MR) is 97.0 cm³/mol. The molecule has 2 bridgehead atoms. The molecule has 0 amide bonds. The minimum Gasteiger partial charge on any atom is -0.378 e. The van der Waals surface area contributed by atoms with Crippen molar-refractivity contribution in [1.29, 1.82) is 0 Å². The van der Waals surface area contributed by atoms with Crippen molar-refractivity contribution in [2.75, 3.05) is 99.0 Å². The summed E-state index contributed by atoms with van der Waals surface area (Å²) in [5.74, 6) is 0. The molecule has 0 aliphatic carbocycles. The van der Waals surface area contributed by atoms with Gasteiger partial charge in [-0.3, -0.25) is 9.74 Å². The third-order valence-corrected chi connectivity index (χ3v) is 4.40. The number of ether oxygens (including phenoxy) is 5. The summed E-state index contributed by atoms with van der Waals surface area (Å²) in [6.45, 7) is 10.4. The molecule has 0 atom stereocenters. The summed E-state index contributed by atoms with van der Waals surface area (Å²) in [5, 5.41) is 1.85. The summed E-state index contributed by atoms with van der Waals surface area (Å²) < 4.78 is 28.3. The highest BCUT2D eigenvalue weighted by Crippen LogP contribution is 2.02. The molecular formula is C18H36N2O6. The van der Waals surface area contributed by atoms with Crippen molar-refractivity contribution in [1.82, 2.24) is 9.96 Å². The largest absolute Gasteiger partial charge is 0.378 e. The van der Waals surface area contributed by atoms with E-state index in [1.54, 1.807) is 0 Å². The van der Waals surface area contributed by atoms with Crippen molar-refractivity contribution >= 4 is 0 Å². The molecule has 3 saturated heterocycles. The molecule has 3 aliphatic heterocycles. The molecule has 154 valence electrons. The highest BCUT2D eigenvalue weighted by molar-refractivity contribution is 4.58. The van der Waals surface area contributed by atoms with Gasteiger partial charge < -0.3 is 23.7 Å².